The molecule has 0 aliphatic carbocycles. The van der Waals surface area contributed by atoms with Crippen LogP contribution in [0.5, 0.6) is 0 Å². The molecule has 1 aliphatic rings. The summed E-state index contributed by atoms with van der Waals surface area (Å²) in [5.41, 5.74) is 4.52. The van der Waals surface area contributed by atoms with Crippen molar-refractivity contribution in [3.8, 4) is 11.5 Å². The summed E-state index contributed by atoms with van der Waals surface area (Å²) in [5.74, 6) is 0.842. The second kappa shape index (κ2) is 9.12. The van der Waals surface area contributed by atoms with Gasteiger partial charge in [-0.15, -0.1) is 16.9 Å². The molecule has 0 bridgehead atoms. The van der Waals surface area contributed by atoms with Gasteiger partial charge >= 0.3 is 5.97 Å². The number of carbonyl (C=O) groups is 1. The van der Waals surface area contributed by atoms with Gasteiger partial charge < -0.3 is 10.1 Å². The predicted molar refractivity (Wildman–Crippen MR) is 120 cm³/mol. The maximum absolute atomic E-state index is 14.3. The number of ether oxygens (including phenoxy) is 1. The van der Waals surface area contributed by atoms with Gasteiger partial charge in [0.2, 0.25) is 0 Å². The number of aliphatic imine (C=N–C) groups is 1. The van der Waals surface area contributed by atoms with Crippen molar-refractivity contribution in [2.24, 2.45) is 4.99 Å². The topological polar surface area (TPSA) is 63.6 Å². The van der Waals surface area contributed by atoms with Crippen LogP contribution in [0.2, 0.25) is 19.6 Å². The first-order valence-electron chi connectivity index (χ1n) is 9.75. The Balaban J connectivity index is 2.23. The number of aromatic nitrogens is 1. The maximum atomic E-state index is 14.3. The number of allylic oxidation sites excluding steroid dienone is 1. The number of esters is 1. The van der Waals surface area contributed by atoms with Gasteiger partial charge in [0.05, 0.1) is 12.2 Å². The molecule has 0 saturated carbocycles. The molecule has 0 spiro atoms. The van der Waals surface area contributed by atoms with Gasteiger partial charge in [0, 0.05) is 28.4 Å². The number of thiazole rings is 1. The molecular weight excluding hydrogens is 436 g/mol. The molecule has 9 heteroatoms. The first kappa shape index (κ1) is 22.8. The highest BCUT2D eigenvalue weighted by atomic mass is 32.1. The van der Waals surface area contributed by atoms with Crippen molar-refractivity contribution in [2.75, 3.05) is 6.61 Å². The molecule has 162 valence electrons. The molecule has 1 aromatic heterocycles. The van der Waals surface area contributed by atoms with Gasteiger partial charge in [0.1, 0.15) is 14.1 Å². The molecule has 5 nitrogen and oxygen atoms in total. The number of amidine groups is 1. The van der Waals surface area contributed by atoms with Crippen molar-refractivity contribution >= 4 is 31.2 Å². The molecule has 2 aromatic rings. The molecular formula is C22H23F2N3O2SSi. The Morgan fingerprint density at radius 1 is 1.29 bits per heavy atom. The zero-order valence-electron chi connectivity index (χ0n) is 18.0. The average molecular weight is 460 g/mol. The van der Waals surface area contributed by atoms with E-state index in [1.807, 2.05) is 0 Å². The molecule has 1 aromatic carbocycles. The minimum Gasteiger partial charge on any atom is -0.463 e. The van der Waals surface area contributed by atoms with E-state index in [4.69, 9.17) is 4.74 Å². The largest absolute Gasteiger partial charge is 0.463 e. The number of nitrogens with one attached hydrogen (secondary N) is 1. The van der Waals surface area contributed by atoms with E-state index in [0.29, 0.717) is 27.7 Å². The van der Waals surface area contributed by atoms with E-state index in [0.717, 1.165) is 12.1 Å². The van der Waals surface area contributed by atoms with Crippen LogP contribution < -0.4 is 5.32 Å². The van der Waals surface area contributed by atoms with E-state index in [9.17, 15) is 13.6 Å². The summed E-state index contributed by atoms with van der Waals surface area (Å²) < 4.78 is 33.6. The summed E-state index contributed by atoms with van der Waals surface area (Å²) in [4.78, 5) is 21.7. The lowest BCUT2D eigenvalue weighted by Crippen LogP contribution is -2.33. The maximum Gasteiger partial charge on any atom is 0.338 e. The molecule has 0 radical (unpaired) electrons. The zero-order valence-corrected chi connectivity index (χ0v) is 19.8. The van der Waals surface area contributed by atoms with Crippen LogP contribution in [-0.2, 0) is 9.53 Å². The molecule has 0 saturated heterocycles. The van der Waals surface area contributed by atoms with E-state index in [2.05, 4.69) is 46.4 Å². The van der Waals surface area contributed by atoms with Gasteiger partial charge in [-0.05, 0) is 26.0 Å². The highest BCUT2D eigenvalue weighted by Crippen LogP contribution is 2.35. The monoisotopic (exact) mass is 459 g/mol. The van der Waals surface area contributed by atoms with Crippen LogP contribution in [0.1, 0.15) is 36.0 Å². The average Bonchev–Trinajstić information content (AvgIpc) is 3.22. The lowest BCUT2D eigenvalue weighted by molar-refractivity contribution is -0.138. The molecule has 1 N–H and O–H groups in total. The summed E-state index contributed by atoms with van der Waals surface area (Å²) in [5, 5.41) is 5.51. The Labute approximate surface area is 185 Å². The fraction of sp³-hybridized carbons (Fsp3) is 0.318. The number of rotatable bonds is 4. The van der Waals surface area contributed by atoms with Gasteiger partial charge in [0.15, 0.2) is 22.5 Å². The van der Waals surface area contributed by atoms with Gasteiger partial charge in [-0.3, -0.25) is 4.99 Å². The van der Waals surface area contributed by atoms with E-state index in [-0.39, 0.29) is 12.2 Å². The van der Waals surface area contributed by atoms with Crippen molar-refractivity contribution in [1.82, 2.24) is 10.3 Å². The fourth-order valence-corrected chi connectivity index (χ4v) is 4.07. The van der Waals surface area contributed by atoms with Crippen molar-refractivity contribution in [1.29, 1.82) is 0 Å². The fourth-order valence-electron chi connectivity index (χ4n) is 2.98. The van der Waals surface area contributed by atoms with Gasteiger partial charge in [-0.25, -0.2) is 18.6 Å². The highest BCUT2D eigenvalue weighted by Gasteiger charge is 2.33. The summed E-state index contributed by atoms with van der Waals surface area (Å²) in [6, 6.07) is 1.21. The van der Waals surface area contributed by atoms with Crippen LogP contribution in [0.4, 0.5) is 8.78 Å². The number of hydrogen-bond donors (Lipinski definition) is 1. The van der Waals surface area contributed by atoms with Crippen LogP contribution >= 0.6 is 11.3 Å². The Kier molecular flexibility index (Phi) is 6.72. The normalized spacial score (nSPS) is 16.2. The summed E-state index contributed by atoms with van der Waals surface area (Å²) in [6.07, 6.45) is 1.64. The molecule has 0 fully saturated rings. The first-order valence-corrected chi connectivity index (χ1v) is 14.1. The molecule has 1 atom stereocenters. The Hall–Kier alpha value is -2.83. The molecule has 1 aliphatic heterocycles. The Morgan fingerprint density at radius 3 is 2.61 bits per heavy atom. The van der Waals surface area contributed by atoms with Gasteiger partial charge in [0.25, 0.3) is 0 Å². The number of halogens is 2. The smallest absolute Gasteiger partial charge is 0.338 e. The van der Waals surface area contributed by atoms with Crippen LogP contribution in [0.25, 0.3) is 0 Å². The number of nitrogens with zero attached hydrogens (tertiary/aromatic N) is 2. The lowest BCUT2D eigenvalue weighted by Gasteiger charge is -2.26. The summed E-state index contributed by atoms with van der Waals surface area (Å²) in [7, 11) is -1.80. The van der Waals surface area contributed by atoms with Crippen molar-refractivity contribution in [3.05, 3.63) is 62.7 Å². The standard InChI is InChI=1S/C22H23F2N3O2SSi/c1-6-29-22(28)18-13(2)26-20(21-25-8-9-30-21)27-19(18)15-12-17(24)16(23)11-14(15)7-10-31(3,4)5/h8-9,11-12,19H,6H2,1-5H3,(H,26,27). The first-order chi connectivity index (χ1) is 14.6. The van der Waals surface area contributed by atoms with Crippen LogP contribution in [0, 0.1) is 23.1 Å². The predicted octanol–water partition coefficient (Wildman–Crippen LogP) is 4.58. The molecule has 0 amide bonds. The van der Waals surface area contributed by atoms with E-state index in [1.165, 1.54) is 11.3 Å². The van der Waals surface area contributed by atoms with Crippen LogP contribution in [0.3, 0.4) is 0 Å². The molecule has 31 heavy (non-hydrogen) atoms. The SMILES string of the molecule is CCOC(=O)C1=C(C)NC(c2nccs2)=NC1c1cc(F)c(F)cc1C#C[Si](C)(C)C. The van der Waals surface area contributed by atoms with Crippen molar-refractivity contribution in [2.45, 2.75) is 39.5 Å². The third kappa shape index (κ3) is 5.27. The van der Waals surface area contributed by atoms with E-state index in [1.54, 1.807) is 25.4 Å². The van der Waals surface area contributed by atoms with Crippen LogP contribution in [0.15, 0.2) is 40.0 Å². The van der Waals surface area contributed by atoms with Crippen molar-refractivity contribution in [3.63, 3.8) is 0 Å². The minimum atomic E-state index is -1.80. The summed E-state index contributed by atoms with van der Waals surface area (Å²) in [6.45, 7) is 9.75. The highest BCUT2D eigenvalue weighted by molar-refractivity contribution is 7.11. The number of hydrogen-bond acceptors (Lipinski definition) is 6. The molecule has 1 unspecified atom stereocenters. The number of benzene rings is 1. The number of carbonyl (C=O) groups excluding carboxylic acids is 1. The summed E-state index contributed by atoms with van der Waals surface area (Å²) >= 11 is 1.37. The zero-order chi connectivity index (χ0) is 22.8. The van der Waals surface area contributed by atoms with Gasteiger partial charge in [-0.2, -0.15) is 0 Å². The third-order valence-electron chi connectivity index (χ3n) is 4.33. The quantitative estimate of drug-likeness (QED) is 0.413. The lowest BCUT2D eigenvalue weighted by atomic mass is 9.92. The molecule has 3 rings (SSSR count). The van der Waals surface area contributed by atoms with E-state index >= 15 is 0 Å². The molecule has 2 heterocycles. The Morgan fingerprint density at radius 2 is 2.00 bits per heavy atom. The third-order valence-corrected chi connectivity index (χ3v) is 5.99. The van der Waals surface area contributed by atoms with E-state index < -0.39 is 31.7 Å². The second-order valence-electron chi connectivity index (χ2n) is 7.96. The van der Waals surface area contributed by atoms with Gasteiger partial charge in [-0.1, -0.05) is 25.6 Å². The second-order valence-corrected chi connectivity index (χ2v) is 13.6. The van der Waals surface area contributed by atoms with Crippen molar-refractivity contribution < 1.29 is 18.3 Å². The van der Waals surface area contributed by atoms with Crippen LogP contribution in [-0.4, -0.2) is 31.5 Å². The minimum absolute atomic E-state index is 0.172. The Bertz CT molecular complexity index is 1130.